The Balaban J connectivity index is 2.11. The molecule has 0 saturated carbocycles. The first-order valence-electron chi connectivity index (χ1n) is 9.30. The Morgan fingerprint density at radius 1 is 1.32 bits per heavy atom. The first-order valence-corrected chi connectivity index (χ1v) is 9.30. The molecule has 0 aliphatic heterocycles. The van der Waals surface area contributed by atoms with E-state index in [1.54, 1.807) is 36.5 Å². The second-order valence-electron chi connectivity index (χ2n) is 7.90. The number of hydrogen-bond acceptors (Lipinski definition) is 4. The van der Waals surface area contributed by atoms with Gasteiger partial charge >= 0.3 is 0 Å². The van der Waals surface area contributed by atoms with Gasteiger partial charge in [0.1, 0.15) is 5.75 Å². The van der Waals surface area contributed by atoms with Crippen LogP contribution in [0.2, 0.25) is 0 Å². The molecule has 0 spiro atoms. The summed E-state index contributed by atoms with van der Waals surface area (Å²) in [4.78, 5) is 16.8. The maximum atomic E-state index is 12.5. The summed E-state index contributed by atoms with van der Waals surface area (Å²) in [6.45, 7) is 13.9. The molecule has 5 heteroatoms. The van der Waals surface area contributed by atoms with Crippen molar-refractivity contribution in [3.05, 3.63) is 54.2 Å². The predicted molar refractivity (Wildman–Crippen MR) is 112 cm³/mol. The molecular formula is C23H27N3O2. The number of nitrogens with zero attached hydrogens (tertiary/aromatic N) is 2. The highest BCUT2D eigenvalue weighted by atomic mass is 16.5. The quantitative estimate of drug-likeness (QED) is 0.691. The molecule has 1 aromatic carbocycles. The van der Waals surface area contributed by atoms with Gasteiger partial charge in [-0.15, -0.1) is 0 Å². The molecule has 0 fully saturated rings. The minimum absolute atomic E-state index is 0.0105. The molecule has 1 heterocycles. The molecule has 0 aliphatic carbocycles. The Bertz CT molecular complexity index is 903. The zero-order valence-corrected chi connectivity index (χ0v) is 17.2. The normalized spacial score (nSPS) is 12.0. The highest BCUT2D eigenvalue weighted by Gasteiger charge is 2.29. The van der Waals surface area contributed by atoms with Crippen LogP contribution in [0.25, 0.3) is 5.57 Å². The van der Waals surface area contributed by atoms with Gasteiger partial charge in [0.2, 0.25) is 11.8 Å². The standard InChI is InChI=1S/C23H27N3O2/c1-7-20(23(4,5)6)22(27)26-17-9-11-21(25-14-17)28-18-10-8-16(13-24)19(12-18)15(2)3/h8-12,14,20H,2,7H2,1,3-6H3,(H,26,27). The maximum absolute atomic E-state index is 12.5. The number of rotatable bonds is 6. The van der Waals surface area contributed by atoms with Crippen molar-refractivity contribution in [3.63, 3.8) is 0 Å². The van der Waals surface area contributed by atoms with Gasteiger partial charge in [0, 0.05) is 12.0 Å². The second-order valence-corrected chi connectivity index (χ2v) is 7.90. The summed E-state index contributed by atoms with van der Waals surface area (Å²) in [6, 6.07) is 10.8. The van der Waals surface area contributed by atoms with E-state index < -0.39 is 0 Å². The van der Waals surface area contributed by atoms with Crippen LogP contribution in [-0.2, 0) is 4.79 Å². The van der Waals surface area contributed by atoms with E-state index in [-0.39, 0.29) is 17.2 Å². The number of allylic oxidation sites excluding steroid dienone is 1. The van der Waals surface area contributed by atoms with Crippen LogP contribution in [0.1, 0.15) is 52.2 Å². The predicted octanol–water partition coefficient (Wildman–Crippen LogP) is 5.79. The fourth-order valence-corrected chi connectivity index (χ4v) is 3.09. The van der Waals surface area contributed by atoms with Crippen molar-refractivity contribution < 1.29 is 9.53 Å². The number of nitriles is 1. The van der Waals surface area contributed by atoms with Crippen LogP contribution >= 0.6 is 0 Å². The molecule has 0 aliphatic rings. The Morgan fingerprint density at radius 3 is 2.54 bits per heavy atom. The van der Waals surface area contributed by atoms with E-state index >= 15 is 0 Å². The average Bonchev–Trinajstić information content (AvgIpc) is 2.62. The molecule has 2 rings (SSSR count). The van der Waals surface area contributed by atoms with E-state index in [1.165, 1.54) is 0 Å². The average molecular weight is 377 g/mol. The van der Waals surface area contributed by atoms with Gasteiger partial charge in [-0.2, -0.15) is 5.26 Å². The van der Waals surface area contributed by atoms with Crippen molar-refractivity contribution in [2.75, 3.05) is 5.32 Å². The van der Waals surface area contributed by atoms with Crippen molar-refractivity contribution in [2.24, 2.45) is 11.3 Å². The first-order chi connectivity index (χ1) is 13.2. The van der Waals surface area contributed by atoms with E-state index in [9.17, 15) is 10.1 Å². The smallest absolute Gasteiger partial charge is 0.228 e. The molecule has 5 nitrogen and oxygen atoms in total. The lowest BCUT2D eigenvalue weighted by Crippen LogP contribution is -2.32. The Morgan fingerprint density at radius 2 is 2.04 bits per heavy atom. The molecule has 0 radical (unpaired) electrons. The monoisotopic (exact) mass is 377 g/mol. The number of nitrogens with one attached hydrogen (secondary N) is 1. The number of ether oxygens (including phenoxy) is 1. The van der Waals surface area contributed by atoms with Gasteiger partial charge in [-0.1, -0.05) is 34.3 Å². The van der Waals surface area contributed by atoms with Gasteiger partial charge in [0.05, 0.1) is 23.5 Å². The highest BCUT2D eigenvalue weighted by Crippen LogP contribution is 2.30. The lowest BCUT2D eigenvalue weighted by molar-refractivity contribution is -0.123. The van der Waals surface area contributed by atoms with Crippen LogP contribution in [0.5, 0.6) is 11.6 Å². The number of hydrogen-bond donors (Lipinski definition) is 1. The van der Waals surface area contributed by atoms with E-state index in [4.69, 9.17) is 4.74 Å². The van der Waals surface area contributed by atoms with Crippen molar-refractivity contribution in [3.8, 4) is 17.7 Å². The Labute approximate surface area is 167 Å². The van der Waals surface area contributed by atoms with Crippen molar-refractivity contribution in [2.45, 2.75) is 41.0 Å². The summed E-state index contributed by atoms with van der Waals surface area (Å²) in [5.74, 6) is 0.879. The van der Waals surface area contributed by atoms with Gasteiger partial charge in [-0.05, 0) is 54.2 Å². The van der Waals surface area contributed by atoms with Crippen LogP contribution in [0.15, 0.2) is 43.1 Å². The molecule has 28 heavy (non-hydrogen) atoms. The molecule has 1 N–H and O–H groups in total. The van der Waals surface area contributed by atoms with Gasteiger partial charge < -0.3 is 10.1 Å². The molecule has 2 aromatic rings. The lowest BCUT2D eigenvalue weighted by atomic mass is 9.78. The number of carbonyl (C=O) groups is 1. The van der Waals surface area contributed by atoms with Crippen LogP contribution in [-0.4, -0.2) is 10.9 Å². The summed E-state index contributed by atoms with van der Waals surface area (Å²) < 4.78 is 5.78. The molecule has 1 amide bonds. The fourth-order valence-electron chi connectivity index (χ4n) is 3.09. The topological polar surface area (TPSA) is 75.0 Å². The molecule has 0 bridgehead atoms. The summed E-state index contributed by atoms with van der Waals surface area (Å²) in [5, 5.41) is 12.1. The molecular weight excluding hydrogens is 350 g/mol. The highest BCUT2D eigenvalue weighted by molar-refractivity contribution is 5.92. The summed E-state index contributed by atoms with van der Waals surface area (Å²) in [6.07, 6.45) is 2.35. The first kappa shape index (κ1) is 21.2. The van der Waals surface area contributed by atoms with Crippen molar-refractivity contribution >= 4 is 17.2 Å². The minimum atomic E-state index is -0.105. The minimum Gasteiger partial charge on any atom is -0.439 e. The number of benzene rings is 1. The van der Waals surface area contributed by atoms with Gasteiger partial charge in [0.25, 0.3) is 0 Å². The molecule has 146 valence electrons. The van der Waals surface area contributed by atoms with Gasteiger partial charge in [-0.3, -0.25) is 4.79 Å². The number of pyridine rings is 1. The maximum Gasteiger partial charge on any atom is 0.228 e. The fraction of sp³-hybridized carbons (Fsp3) is 0.348. The lowest BCUT2D eigenvalue weighted by Gasteiger charge is -2.28. The third-order valence-corrected chi connectivity index (χ3v) is 4.57. The van der Waals surface area contributed by atoms with Gasteiger partial charge in [-0.25, -0.2) is 4.98 Å². The SMILES string of the molecule is C=C(C)c1cc(Oc2ccc(NC(=O)C(CC)C(C)(C)C)cn2)ccc1C#N. The number of carbonyl (C=O) groups excluding carboxylic acids is 1. The molecule has 0 saturated heterocycles. The van der Waals surface area contributed by atoms with Crippen molar-refractivity contribution in [1.82, 2.24) is 4.98 Å². The zero-order valence-electron chi connectivity index (χ0n) is 17.2. The number of anilines is 1. The van der Waals surface area contributed by atoms with Crippen LogP contribution < -0.4 is 10.1 Å². The third-order valence-electron chi connectivity index (χ3n) is 4.57. The molecule has 1 atom stereocenters. The molecule has 1 unspecified atom stereocenters. The molecule has 1 aromatic heterocycles. The van der Waals surface area contributed by atoms with Crippen LogP contribution in [0.4, 0.5) is 5.69 Å². The third kappa shape index (κ3) is 5.20. The Kier molecular flexibility index (Phi) is 6.58. The Hall–Kier alpha value is -3.13. The van der Waals surface area contributed by atoms with E-state index in [0.717, 1.165) is 17.6 Å². The largest absolute Gasteiger partial charge is 0.439 e. The van der Waals surface area contributed by atoms with Crippen LogP contribution in [0, 0.1) is 22.7 Å². The van der Waals surface area contributed by atoms with E-state index in [2.05, 4.69) is 43.7 Å². The summed E-state index contributed by atoms with van der Waals surface area (Å²) in [5.41, 5.74) is 2.61. The number of aromatic nitrogens is 1. The van der Waals surface area contributed by atoms with E-state index in [0.29, 0.717) is 22.9 Å². The van der Waals surface area contributed by atoms with Gasteiger partial charge in [0.15, 0.2) is 0 Å². The summed E-state index contributed by atoms with van der Waals surface area (Å²) in [7, 11) is 0. The second kappa shape index (κ2) is 8.71. The van der Waals surface area contributed by atoms with Crippen LogP contribution in [0.3, 0.4) is 0 Å². The van der Waals surface area contributed by atoms with E-state index in [1.807, 2.05) is 13.8 Å². The number of amides is 1. The summed E-state index contributed by atoms with van der Waals surface area (Å²) >= 11 is 0. The zero-order chi connectivity index (χ0) is 20.9. The van der Waals surface area contributed by atoms with Crippen molar-refractivity contribution in [1.29, 1.82) is 5.26 Å².